The van der Waals surface area contributed by atoms with Crippen LogP contribution < -0.4 is 5.32 Å². The summed E-state index contributed by atoms with van der Waals surface area (Å²) in [6.07, 6.45) is 1.82. The molecule has 2 atom stereocenters. The van der Waals surface area contributed by atoms with E-state index in [0.717, 1.165) is 28.0 Å². The monoisotopic (exact) mass is 384 g/mol. The molecule has 1 aliphatic rings. The van der Waals surface area contributed by atoms with Gasteiger partial charge in [0.25, 0.3) is 0 Å². The van der Waals surface area contributed by atoms with Crippen molar-refractivity contribution in [2.45, 2.75) is 25.1 Å². The van der Waals surface area contributed by atoms with E-state index in [1.807, 2.05) is 60.0 Å². The first-order valence-corrected chi connectivity index (χ1v) is 10.1. The molecule has 3 aromatic rings. The lowest BCUT2D eigenvalue weighted by Crippen LogP contribution is -2.18. The lowest BCUT2D eigenvalue weighted by atomic mass is 9.98. The van der Waals surface area contributed by atoms with E-state index in [9.17, 15) is 0 Å². The minimum absolute atomic E-state index is 0.186. The van der Waals surface area contributed by atoms with Crippen LogP contribution in [0, 0.1) is 6.92 Å². The van der Waals surface area contributed by atoms with Gasteiger partial charge in [0.1, 0.15) is 11.5 Å². The summed E-state index contributed by atoms with van der Waals surface area (Å²) < 4.78 is 1.94. The Bertz CT molecular complexity index is 938. The number of fused-ring (bicyclic) bond motifs is 1. The average Bonchev–Trinajstić information content (AvgIpc) is 2.83. The van der Waals surface area contributed by atoms with Crippen LogP contribution >= 0.6 is 23.4 Å². The minimum Gasteiger partial charge on any atom is -0.367 e. The Balaban J connectivity index is 1.94. The van der Waals surface area contributed by atoms with Gasteiger partial charge in [0, 0.05) is 35.6 Å². The Hall–Kier alpha value is -1.98. The highest BCUT2D eigenvalue weighted by atomic mass is 35.5. The van der Waals surface area contributed by atoms with Crippen molar-refractivity contribution < 1.29 is 0 Å². The van der Waals surface area contributed by atoms with Gasteiger partial charge in [-0.05, 0) is 49.2 Å². The molecule has 3 heterocycles. The molecular formula is C20H21ClN4S. The fourth-order valence-corrected chi connectivity index (χ4v) is 5.05. The Morgan fingerprint density at radius 1 is 1.27 bits per heavy atom. The molecule has 1 N–H and O–H groups in total. The predicted octanol–water partition coefficient (Wildman–Crippen LogP) is 5.08. The SMILES string of the molecule is Cc1cc(Cl)ccc1[C@@H]1SC[C@@H](C)Nc2c1c(-c1ccccn1)nn2C. The minimum atomic E-state index is 0.186. The van der Waals surface area contributed by atoms with Crippen LogP contribution in [0.1, 0.15) is 28.9 Å². The number of nitrogens with zero attached hydrogens (tertiary/aromatic N) is 3. The van der Waals surface area contributed by atoms with Crippen molar-refractivity contribution >= 4 is 29.2 Å². The molecular weight excluding hydrogens is 364 g/mol. The molecule has 26 heavy (non-hydrogen) atoms. The van der Waals surface area contributed by atoms with Gasteiger partial charge in [-0.25, -0.2) is 0 Å². The molecule has 0 bridgehead atoms. The molecule has 0 radical (unpaired) electrons. The molecule has 0 amide bonds. The second-order valence-corrected chi connectivity index (χ2v) is 8.28. The molecule has 0 saturated carbocycles. The van der Waals surface area contributed by atoms with Crippen molar-refractivity contribution in [3.8, 4) is 11.4 Å². The number of halogens is 1. The number of nitrogens with one attached hydrogen (secondary N) is 1. The van der Waals surface area contributed by atoms with E-state index >= 15 is 0 Å². The molecule has 0 fully saturated rings. The van der Waals surface area contributed by atoms with E-state index in [4.69, 9.17) is 16.7 Å². The van der Waals surface area contributed by atoms with Gasteiger partial charge in [0.05, 0.1) is 10.9 Å². The van der Waals surface area contributed by atoms with Crippen molar-refractivity contribution in [3.63, 3.8) is 0 Å². The van der Waals surface area contributed by atoms with Gasteiger partial charge in [-0.15, -0.1) is 11.8 Å². The summed E-state index contributed by atoms with van der Waals surface area (Å²) in [6.45, 7) is 4.33. The van der Waals surface area contributed by atoms with Crippen LogP contribution in [0.2, 0.25) is 5.02 Å². The van der Waals surface area contributed by atoms with E-state index in [-0.39, 0.29) is 5.25 Å². The van der Waals surface area contributed by atoms with Gasteiger partial charge in [-0.3, -0.25) is 9.67 Å². The highest BCUT2D eigenvalue weighted by Gasteiger charge is 2.31. The first-order valence-electron chi connectivity index (χ1n) is 8.67. The second-order valence-electron chi connectivity index (χ2n) is 6.71. The highest BCUT2D eigenvalue weighted by molar-refractivity contribution is 7.99. The van der Waals surface area contributed by atoms with Gasteiger partial charge >= 0.3 is 0 Å². The summed E-state index contributed by atoms with van der Waals surface area (Å²) in [4.78, 5) is 4.55. The molecule has 0 saturated heterocycles. The zero-order valence-corrected chi connectivity index (χ0v) is 16.6. The summed E-state index contributed by atoms with van der Waals surface area (Å²) in [5, 5.41) is 9.41. The third kappa shape index (κ3) is 3.10. The highest BCUT2D eigenvalue weighted by Crippen LogP contribution is 2.47. The molecule has 0 unspecified atom stereocenters. The van der Waals surface area contributed by atoms with Crippen LogP contribution in [0.15, 0.2) is 42.6 Å². The van der Waals surface area contributed by atoms with Crippen LogP contribution in [0.25, 0.3) is 11.4 Å². The van der Waals surface area contributed by atoms with E-state index in [1.54, 1.807) is 0 Å². The van der Waals surface area contributed by atoms with E-state index in [2.05, 4.69) is 30.2 Å². The molecule has 4 rings (SSSR count). The molecule has 1 aromatic carbocycles. The molecule has 1 aliphatic heterocycles. The topological polar surface area (TPSA) is 42.7 Å². The van der Waals surface area contributed by atoms with E-state index < -0.39 is 0 Å². The van der Waals surface area contributed by atoms with Crippen LogP contribution in [0.5, 0.6) is 0 Å². The Morgan fingerprint density at radius 2 is 2.12 bits per heavy atom. The van der Waals surface area contributed by atoms with Crippen molar-refractivity contribution in [1.82, 2.24) is 14.8 Å². The summed E-state index contributed by atoms with van der Waals surface area (Å²) in [7, 11) is 1.99. The van der Waals surface area contributed by atoms with Crippen LogP contribution in [-0.2, 0) is 7.05 Å². The number of thioether (sulfide) groups is 1. The maximum atomic E-state index is 6.20. The average molecular weight is 385 g/mol. The summed E-state index contributed by atoms with van der Waals surface area (Å²) in [5.74, 6) is 2.09. The third-order valence-corrected chi connectivity index (χ3v) is 6.41. The van der Waals surface area contributed by atoms with Gasteiger partial charge in [0.2, 0.25) is 0 Å². The van der Waals surface area contributed by atoms with Gasteiger partial charge in [0.15, 0.2) is 0 Å². The van der Waals surface area contributed by atoms with Gasteiger partial charge < -0.3 is 5.32 Å². The maximum absolute atomic E-state index is 6.20. The molecule has 2 aromatic heterocycles. The normalized spacial score (nSPS) is 19.5. The second kappa shape index (κ2) is 6.97. The van der Waals surface area contributed by atoms with E-state index in [0.29, 0.717) is 6.04 Å². The third-order valence-electron chi connectivity index (χ3n) is 4.66. The molecule has 4 nitrogen and oxygen atoms in total. The molecule has 6 heteroatoms. The Morgan fingerprint density at radius 3 is 2.85 bits per heavy atom. The van der Waals surface area contributed by atoms with Crippen LogP contribution in [0.3, 0.4) is 0 Å². The smallest absolute Gasteiger partial charge is 0.129 e. The van der Waals surface area contributed by atoms with Crippen molar-refractivity contribution in [2.75, 3.05) is 11.1 Å². The number of benzene rings is 1. The lowest BCUT2D eigenvalue weighted by molar-refractivity contribution is 0.757. The fraction of sp³-hybridized carbons (Fsp3) is 0.300. The van der Waals surface area contributed by atoms with Crippen LogP contribution in [-0.4, -0.2) is 26.6 Å². The number of rotatable bonds is 2. The first kappa shape index (κ1) is 17.4. The zero-order chi connectivity index (χ0) is 18.3. The molecule has 134 valence electrons. The van der Waals surface area contributed by atoms with Crippen molar-refractivity contribution in [3.05, 3.63) is 64.3 Å². The Labute approximate surface area is 163 Å². The number of aromatic nitrogens is 3. The van der Waals surface area contributed by atoms with Gasteiger partial charge in [-0.1, -0.05) is 23.7 Å². The fourth-order valence-electron chi connectivity index (χ4n) is 3.43. The largest absolute Gasteiger partial charge is 0.367 e. The summed E-state index contributed by atoms with van der Waals surface area (Å²) in [5.41, 5.74) is 5.52. The lowest BCUT2D eigenvalue weighted by Gasteiger charge is -2.18. The standard InChI is InChI=1S/C20H21ClN4S/c1-12-10-14(21)7-8-15(12)19-17-18(16-6-4-5-9-22-16)24-25(3)20(17)23-13(2)11-26-19/h4-10,13,19,23H,11H2,1-3H3/t13-,19+/m1/s1. The predicted molar refractivity (Wildman–Crippen MR) is 110 cm³/mol. The van der Waals surface area contributed by atoms with Crippen molar-refractivity contribution in [2.24, 2.45) is 7.05 Å². The Kier molecular flexibility index (Phi) is 4.67. The zero-order valence-electron chi connectivity index (χ0n) is 15.0. The van der Waals surface area contributed by atoms with Gasteiger partial charge in [-0.2, -0.15) is 5.10 Å². The number of aryl methyl sites for hydroxylation is 2. The molecule has 0 spiro atoms. The van der Waals surface area contributed by atoms with Crippen molar-refractivity contribution in [1.29, 1.82) is 0 Å². The number of hydrogen-bond donors (Lipinski definition) is 1. The van der Waals surface area contributed by atoms with E-state index in [1.165, 1.54) is 16.7 Å². The summed E-state index contributed by atoms with van der Waals surface area (Å²) in [6, 6.07) is 12.5. The number of pyridine rings is 1. The summed E-state index contributed by atoms with van der Waals surface area (Å²) >= 11 is 8.14. The quantitative estimate of drug-likeness (QED) is 0.669. The number of anilines is 1. The first-order chi connectivity index (χ1) is 12.5. The maximum Gasteiger partial charge on any atom is 0.129 e. The molecule has 0 aliphatic carbocycles. The number of hydrogen-bond acceptors (Lipinski definition) is 4. The van der Waals surface area contributed by atoms with Crippen LogP contribution in [0.4, 0.5) is 5.82 Å².